The third-order valence-electron chi connectivity index (χ3n) is 3.75. The number of nitrogens with one attached hydrogen (secondary N) is 1. The van der Waals surface area contributed by atoms with Crippen molar-refractivity contribution >= 4 is 17.2 Å². The van der Waals surface area contributed by atoms with Crippen molar-refractivity contribution in [3.05, 3.63) is 83.8 Å². The molecule has 0 saturated heterocycles. The van der Waals surface area contributed by atoms with Gasteiger partial charge in [0, 0.05) is 5.56 Å². The lowest BCUT2D eigenvalue weighted by molar-refractivity contribution is 0.269. The summed E-state index contributed by atoms with van der Waals surface area (Å²) in [5, 5.41) is 3.19. The first-order valence-electron chi connectivity index (χ1n) is 8.50. The van der Waals surface area contributed by atoms with Crippen molar-refractivity contribution in [3.63, 3.8) is 0 Å². The van der Waals surface area contributed by atoms with Gasteiger partial charge in [-0.2, -0.15) is 0 Å². The second-order valence-electron chi connectivity index (χ2n) is 5.63. The van der Waals surface area contributed by atoms with E-state index in [1.807, 2.05) is 67.6 Å². The molecule has 0 bridgehead atoms. The van der Waals surface area contributed by atoms with Gasteiger partial charge < -0.3 is 19.2 Å². The van der Waals surface area contributed by atoms with Gasteiger partial charge in [0.1, 0.15) is 17.4 Å². The third kappa shape index (κ3) is 4.86. The zero-order valence-corrected chi connectivity index (χ0v) is 15.4. The second-order valence-corrected chi connectivity index (χ2v) is 6.04. The van der Waals surface area contributed by atoms with Crippen molar-refractivity contribution in [1.29, 1.82) is 0 Å². The minimum absolute atomic E-state index is 0.488. The van der Waals surface area contributed by atoms with E-state index in [2.05, 4.69) is 5.32 Å². The first-order valence-corrected chi connectivity index (χ1v) is 8.91. The molecule has 0 amide bonds. The summed E-state index contributed by atoms with van der Waals surface area (Å²) in [7, 11) is 0. The molecule has 0 spiro atoms. The summed E-state index contributed by atoms with van der Waals surface area (Å²) < 4.78 is 17.0. The van der Waals surface area contributed by atoms with Crippen LogP contribution in [0.1, 0.15) is 23.8 Å². The fourth-order valence-electron chi connectivity index (χ4n) is 2.45. The highest BCUT2D eigenvalue weighted by atomic mass is 32.1. The predicted molar refractivity (Wildman–Crippen MR) is 106 cm³/mol. The lowest BCUT2D eigenvalue weighted by atomic mass is 10.2. The van der Waals surface area contributed by atoms with Crippen molar-refractivity contribution in [2.75, 3.05) is 6.61 Å². The van der Waals surface area contributed by atoms with Crippen molar-refractivity contribution in [2.24, 2.45) is 0 Å². The number of benzene rings is 2. The highest BCUT2D eigenvalue weighted by Crippen LogP contribution is 2.29. The fourth-order valence-corrected chi connectivity index (χ4v) is 2.65. The van der Waals surface area contributed by atoms with Gasteiger partial charge in [0.05, 0.1) is 19.4 Å². The standard InChI is InChI=1S/C21H21NO3S/c1-2-23-20-13-17(21(26)22-14-18-9-6-12-24-18)10-11-19(20)25-15-16-7-4-3-5-8-16/h3-13H,2,14-15H2,1H3,(H,22,26). The Bertz CT molecular complexity index is 832. The topological polar surface area (TPSA) is 43.6 Å². The molecule has 0 atom stereocenters. The first kappa shape index (κ1) is 18.0. The van der Waals surface area contributed by atoms with E-state index in [9.17, 15) is 0 Å². The van der Waals surface area contributed by atoms with Gasteiger partial charge >= 0.3 is 0 Å². The quantitative estimate of drug-likeness (QED) is 0.584. The van der Waals surface area contributed by atoms with Gasteiger partial charge in [0.25, 0.3) is 0 Å². The van der Waals surface area contributed by atoms with E-state index in [1.54, 1.807) is 6.26 Å². The van der Waals surface area contributed by atoms with Crippen molar-refractivity contribution < 1.29 is 13.9 Å². The van der Waals surface area contributed by atoms with Crippen LogP contribution >= 0.6 is 12.2 Å². The molecule has 0 radical (unpaired) electrons. The first-order chi connectivity index (χ1) is 12.8. The Morgan fingerprint density at radius 2 is 1.85 bits per heavy atom. The van der Waals surface area contributed by atoms with Crippen LogP contribution in [0.4, 0.5) is 0 Å². The summed E-state index contributed by atoms with van der Waals surface area (Å²) in [6.45, 7) is 3.53. The van der Waals surface area contributed by atoms with Crippen molar-refractivity contribution in [2.45, 2.75) is 20.1 Å². The van der Waals surface area contributed by atoms with E-state index >= 15 is 0 Å². The van der Waals surface area contributed by atoms with Gasteiger partial charge in [-0.3, -0.25) is 0 Å². The molecule has 2 aromatic carbocycles. The van der Waals surface area contributed by atoms with E-state index in [1.165, 1.54) is 0 Å². The average molecular weight is 367 g/mol. The average Bonchev–Trinajstić information content (AvgIpc) is 3.20. The second kappa shape index (κ2) is 9.06. The van der Waals surface area contributed by atoms with Gasteiger partial charge in [0.2, 0.25) is 0 Å². The SMILES string of the molecule is CCOc1cc(C(=S)NCc2ccco2)ccc1OCc1ccccc1. The molecule has 0 aliphatic carbocycles. The Labute approximate surface area is 158 Å². The number of rotatable bonds is 8. The number of hydrogen-bond acceptors (Lipinski definition) is 4. The van der Waals surface area contributed by atoms with Crippen molar-refractivity contribution in [1.82, 2.24) is 5.32 Å². The normalized spacial score (nSPS) is 10.3. The molecule has 0 unspecified atom stereocenters. The van der Waals surface area contributed by atoms with Crippen LogP contribution in [-0.4, -0.2) is 11.6 Å². The molecule has 0 aliphatic rings. The van der Waals surface area contributed by atoms with E-state index in [-0.39, 0.29) is 0 Å². The molecule has 1 heterocycles. The maximum Gasteiger partial charge on any atom is 0.161 e. The summed E-state index contributed by atoms with van der Waals surface area (Å²) in [6, 6.07) is 19.5. The van der Waals surface area contributed by atoms with Crippen LogP contribution in [0.25, 0.3) is 0 Å². The summed E-state index contributed by atoms with van der Waals surface area (Å²) >= 11 is 5.47. The maximum absolute atomic E-state index is 5.93. The molecular weight excluding hydrogens is 346 g/mol. The lowest BCUT2D eigenvalue weighted by Gasteiger charge is -2.14. The highest BCUT2D eigenvalue weighted by Gasteiger charge is 2.10. The van der Waals surface area contributed by atoms with E-state index in [4.69, 9.17) is 26.1 Å². The molecule has 5 heteroatoms. The molecule has 3 rings (SSSR count). The van der Waals surface area contributed by atoms with Gasteiger partial charge in [-0.05, 0) is 42.8 Å². The molecule has 3 aromatic rings. The summed E-state index contributed by atoms with van der Waals surface area (Å²) in [4.78, 5) is 0.636. The monoisotopic (exact) mass is 367 g/mol. The molecule has 0 saturated carbocycles. The van der Waals surface area contributed by atoms with Gasteiger partial charge in [-0.15, -0.1) is 0 Å². The molecule has 1 aromatic heterocycles. The van der Waals surface area contributed by atoms with Crippen LogP contribution in [-0.2, 0) is 13.2 Å². The zero-order valence-electron chi connectivity index (χ0n) is 14.6. The van der Waals surface area contributed by atoms with Crippen LogP contribution < -0.4 is 14.8 Å². The van der Waals surface area contributed by atoms with Gasteiger partial charge in [-0.1, -0.05) is 42.5 Å². The van der Waals surface area contributed by atoms with Crippen LogP contribution in [0.2, 0.25) is 0 Å². The lowest BCUT2D eigenvalue weighted by Crippen LogP contribution is -2.21. The minimum atomic E-state index is 0.488. The number of hydrogen-bond donors (Lipinski definition) is 1. The van der Waals surface area contributed by atoms with E-state index in [0.717, 1.165) is 16.9 Å². The Morgan fingerprint density at radius 3 is 2.58 bits per heavy atom. The zero-order chi connectivity index (χ0) is 18.2. The number of thiocarbonyl (C=S) groups is 1. The van der Waals surface area contributed by atoms with E-state index in [0.29, 0.717) is 36.2 Å². The smallest absolute Gasteiger partial charge is 0.161 e. The molecular formula is C21H21NO3S. The molecule has 0 aliphatic heterocycles. The van der Waals surface area contributed by atoms with Crippen LogP contribution in [0.15, 0.2) is 71.3 Å². The Morgan fingerprint density at radius 1 is 1.00 bits per heavy atom. The summed E-state index contributed by atoms with van der Waals surface area (Å²) in [5.74, 6) is 2.22. The maximum atomic E-state index is 5.93. The molecule has 26 heavy (non-hydrogen) atoms. The Hall–Kier alpha value is -2.79. The van der Waals surface area contributed by atoms with Crippen LogP contribution in [0, 0.1) is 0 Å². The number of ether oxygens (including phenoxy) is 2. The van der Waals surface area contributed by atoms with Crippen LogP contribution in [0.5, 0.6) is 11.5 Å². The Balaban J connectivity index is 1.68. The highest BCUT2D eigenvalue weighted by molar-refractivity contribution is 7.80. The summed E-state index contributed by atoms with van der Waals surface area (Å²) in [5.41, 5.74) is 1.98. The predicted octanol–water partition coefficient (Wildman–Crippen LogP) is 4.72. The molecule has 134 valence electrons. The largest absolute Gasteiger partial charge is 0.490 e. The van der Waals surface area contributed by atoms with Crippen LogP contribution in [0.3, 0.4) is 0 Å². The van der Waals surface area contributed by atoms with Crippen molar-refractivity contribution in [3.8, 4) is 11.5 Å². The van der Waals surface area contributed by atoms with Gasteiger partial charge in [-0.25, -0.2) is 0 Å². The molecule has 1 N–H and O–H groups in total. The Kier molecular flexibility index (Phi) is 6.28. The third-order valence-corrected chi connectivity index (χ3v) is 4.13. The summed E-state index contributed by atoms with van der Waals surface area (Å²) in [6.07, 6.45) is 1.64. The van der Waals surface area contributed by atoms with Gasteiger partial charge in [0.15, 0.2) is 11.5 Å². The van der Waals surface area contributed by atoms with E-state index < -0.39 is 0 Å². The molecule has 4 nitrogen and oxygen atoms in total. The molecule has 0 fully saturated rings. The minimum Gasteiger partial charge on any atom is -0.490 e. The number of furan rings is 1. The fraction of sp³-hybridized carbons (Fsp3) is 0.190.